The van der Waals surface area contributed by atoms with E-state index in [2.05, 4.69) is 25.9 Å². The summed E-state index contributed by atoms with van der Waals surface area (Å²) in [5.74, 6) is 0.440. The third kappa shape index (κ3) is 1.67. The van der Waals surface area contributed by atoms with Crippen LogP contribution in [0.25, 0.3) is 16.9 Å². The number of aryl methyl sites for hydroxylation is 1. The van der Waals surface area contributed by atoms with E-state index in [4.69, 9.17) is 5.73 Å². The second-order valence-corrected chi connectivity index (χ2v) is 4.97. The Labute approximate surface area is 113 Å². The number of halogens is 1. The van der Waals surface area contributed by atoms with Crippen LogP contribution in [0, 0.1) is 6.92 Å². The van der Waals surface area contributed by atoms with Crippen LogP contribution in [-0.2, 0) is 0 Å². The maximum absolute atomic E-state index is 6.00. The maximum atomic E-state index is 6.00. The Hall–Kier alpha value is -1.88. The summed E-state index contributed by atoms with van der Waals surface area (Å²) >= 11 is 3.52. The number of nitrogen functional groups attached to an aromatic ring is 1. The zero-order valence-corrected chi connectivity index (χ0v) is 11.3. The molecule has 5 heteroatoms. The van der Waals surface area contributed by atoms with Crippen molar-refractivity contribution >= 4 is 33.0 Å². The lowest BCUT2D eigenvalue weighted by atomic mass is 10.3. The van der Waals surface area contributed by atoms with Crippen molar-refractivity contribution in [3.05, 3.63) is 46.6 Å². The minimum absolute atomic E-state index is 0.440. The fourth-order valence-corrected chi connectivity index (χ4v) is 2.42. The molecule has 2 N–H and O–H groups in total. The molecule has 0 aliphatic rings. The molecule has 0 spiro atoms. The van der Waals surface area contributed by atoms with Crippen molar-refractivity contribution in [3.63, 3.8) is 0 Å². The summed E-state index contributed by atoms with van der Waals surface area (Å²) in [5, 5.41) is 0. The maximum Gasteiger partial charge on any atom is 0.207 e. The summed E-state index contributed by atoms with van der Waals surface area (Å²) in [4.78, 5) is 8.77. The highest BCUT2D eigenvalue weighted by atomic mass is 79.9. The number of nitrogens with two attached hydrogens (primary N) is 1. The van der Waals surface area contributed by atoms with Crippen LogP contribution >= 0.6 is 15.9 Å². The number of aromatic nitrogens is 3. The molecule has 0 aliphatic heterocycles. The fraction of sp³-hybridized carbons (Fsp3) is 0.0769. The van der Waals surface area contributed by atoms with Crippen LogP contribution in [0.1, 0.15) is 5.56 Å². The predicted octanol–water partition coefficient (Wildman–Crippen LogP) is 3.07. The second kappa shape index (κ2) is 4.10. The Bertz CT molecular complexity index is 733. The van der Waals surface area contributed by atoms with Crippen LogP contribution in [0.5, 0.6) is 0 Å². The van der Waals surface area contributed by atoms with Crippen molar-refractivity contribution in [1.29, 1.82) is 0 Å². The summed E-state index contributed by atoms with van der Waals surface area (Å²) in [6.07, 6.45) is 1.82. The summed E-state index contributed by atoms with van der Waals surface area (Å²) < 4.78 is 2.80. The number of fused-ring (bicyclic) bond motifs is 1. The number of hydrogen-bond acceptors (Lipinski definition) is 3. The largest absolute Gasteiger partial charge is 0.369 e. The molecule has 2 heterocycles. The van der Waals surface area contributed by atoms with Gasteiger partial charge in [0.1, 0.15) is 5.52 Å². The number of hydrogen-bond donors (Lipinski definition) is 1. The third-order valence-electron chi connectivity index (χ3n) is 2.75. The number of para-hydroxylation sites is 1. The Kier molecular flexibility index (Phi) is 2.56. The smallest absolute Gasteiger partial charge is 0.207 e. The number of rotatable bonds is 1. The minimum Gasteiger partial charge on any atom is -0.369 e. The molecule has 0 fully saturated rings. The van der Waals surface area contributed by atoms with Gasteiger partial charge in [0.2, 0.25) is 5.95 Å². The van der Waals surface area contributed by atoms with Crippen molar-refractivity contribution in [2.45, 2.75) is 6.92 Å². The van der Waals surface area contributed by atoms with Crippen molar-refractivity contribution in [2.24, 2.45) is 0 Å². The van der Waals surface area contributed by atoms with E-state index in [-0.39, 0.29) is 0 Å². The standard InChI is InChI=1S/C13H11BrN4/c1-8-6-10-12(16-7-8)18(13(15)17-10)11-5-3-2-4-9(11)14/h2-7H,1H3,(H2,15,17). The lowest BCUT2D eigenvalue weighted by Crippen LogP contribution is -2.02. The Morgan fingerprint density at radius 2 is 2.06 bits per heavy atom. The molecule has 0 atom stereocenters. The highest BCUT2D eigenvalue weighted by molar-refractivity contribution is 9.10. The number of nitrogens with zero attached hydrogens (tertiary/aromatic N) is 3. The molecular formula is C13H11BrN4. The van der Waals surface area contributed by atoms with E-state index in [1.165, 1.54) is 0 Å². The van der Waals surface area contributed by atoms with Gasteiger partial charge in [0.15, 0.2) is 5.65 Å². The van der Waals surface area contributed by atoms with Crippen LogP contribution in [0.2, 0.25) is 0 Å². The Morgan fingerprint density at radius 1 is 1.28 bits per heavy atom. The third-order valence-corrected chi connectivity index (χ3v) is 3.42. The highest BCUT2D eigenvalue weighted by Gasteiger charge is 2.12. The van der Waals surface area contributed by atoms with Crippen LogP contribution < -0.4 is 5.73 Å². The summed E-state index contributed by atoms with van der Waals surface area (Å²) in [5.41, 5.74) is 9.58. The summed E-state index contributed by atoms with van der Waals surface area (Å²) in [6, 6.07) is 9.84. The van der Waals surface area contributed by atoms with Gasteiger partial charge in [0.05, 0.1) is 5.69 Å². The molecule has 3 aromatic rings. The summed E-state index contributed by atoms with van der Waals surface area (Å²) in [7, 11) is 0. The lowest BCUT2D eigenvalue weighted by Gasteiger charge is -2.07. The first-order valence-electron chi connectivity index (χ1n) is 5.52. The van der Waals surface area contributed by atoms with Crippen LogP contribution in [0.15, 0.2) is 41.0 Å². The van der Waals surface area contributed by atoms with Gasteiger partial charge in [-0.2, -0.15) is 0 Å². The van der Waals surface area contributed by atoms with Gasteiger partial charge in [-0.25, -0.2) is 9.97 Å². The average molecular weight is 303 g/mol. The highest BCUT2D eigenvalue weighted by Crippen LogP contribution is 2.27. The zero-order chi connectivity index (χ0) is 12.7. The number of anilines is 1. The Balaban J connectivity index is 2.36. The molecule has 1 aromatic carbocycles. The van der Waals surface area contributed by atoms with E-state index in [0.717, 1.165) is 26.9 Å². The fourth-order valence-electron chi connectivity index (χ4n) is 1.95. The average Bonchev–Trinajstić information content (AvgIpc) is 2.65. The molecule has 0 aliphatic carbocycles. The van der Waals surface area contributed by atoms with E-state index in [1.54, 1.807) is 0 Å². The topological polar surface area (TPSA) is 56.7 Å². The van der Waals surface area contributed by atoms with E-state index >= 15 is 0 Å². The van der Waals surface area contributed by atoms with E-state index in [0.29, 0.717) is 5.95 Å². The quantitative estimate of drug-likeness (QED) is 0.751. The Morgan fingerprint density at radius 3 is 2.83 bits per heavy atom. The molecule has 18 heavy (non-hydrogen) atoms. The van der Waals surface area contributed by atoms with Gasteiger partial charge in [0.25, 0.3) is 0 Å². The first-order valence-corrected chi connectivity index (χ1v) is 6.31. The van der Waals surface area contributed by atoms with Crippen LogP contribution in [0.3, 0.4) is 0 Å². The predicted molar refractivity (Wildman–Crippen MR) is 75.7 cm³/mol. The molecule has 0 saturated heterocycles. The molecule has 0 amide bonds. The van der Waals surface area contributed by atoms with Crippen molar-refractivity contribution in [3.8, 4) is 5.69 Å². The number of pyridine rings is 1. The normalized spacial score (nSPS) is 11.0. The van der Waals surface area contributed by atoms with E-state index < -0.39 is 0 Å². The minimum atomic E-state index is 0.440. The molecule has 4 nitrogen and oxygen atoms in total. The van der Waals surface area contributed by atoms with Gasteiger partial charge in [-0.3, -0.25) is 4.57 Å². The molecule has 3 rings (SSSR count). The van der Waals surface area contributed by atoms with Gasteiger partial charge in [0, 0.05) is 10.7 Å². The van der Waals surface area contributed by atoms with Crippen molar-refractivity contribution in [2.75, 3.05) is 5.73 Å². The van der Waals surface area contributed by atoms with Gasteiger partial charge in [-0.05, 0) is 46.6 Å². The molecular weight excluding hydrogens is 292 g/mol. The van der Waals surface area contributed by atoms with Gasteiger partial charge in [-0.1, -0.05) is 12.1 Å². The molecule has 0 saturated carbocycles. The number of imidazole rings is 1. The second-order valence-electron chi connectivity index (χ2n) is 4.11. The van der Waals surface area contributed by atoms with Gasteiger partial charge in [-0.15, -0.1) is 0 Å². The molecule has 0 radical (unpaired) electrons. The lowest BCUT2D eigenvalue weighted by molar-refractivity contribution is 1.07. The monoisotopic (exact) mass is 302 g/mol. The first kappa shape index (κ1) is 11.2. The van der Waals surface area contributed by atoms with E-state index in [1.807, 2.05) is 48.0 Å². The van der Waals surface area contributed by atoms with Crippen molar-refractivity contribution in [1.82, 2.24) is 14.5 Å². The molecule has 0 bridgehead atoms. The van der Waals surface area contributed by atoms with E-state index in [9.17, 15) is 0 Å². The molecule has 2 aromatic heterocycles. The van der Waals surface area contributed by atoms with Gasteiger partial charge >= 0.3 is 0 Å². The number of benzene rings is 1. The molecule has 90 valence electrons. The molecule has 0 unspecified atom stereocenters. The van der Waals surface area contributed by atoms with Crippen molar-refractivity contribution < 1.29 is 0 Å². The SMILES string of the molecule is Cc1cnc2c(c1)nc(N)n2-c1ccccc1Br. The first-order chi connectivity index (χ1) is 8.66. The van der Waals surface area contributed by atoms with Crippen LogP contribution in [0.4, 0.5) is 5.95 Å². The zero-order valence-electron chi connectivity index (χ0n) is 9.76. The van der Waals surface area contributed by atoms with Crippen LogP contribution in [-0.4, -0.2) is 14.5 Å². The summed E-state index contributed by atoms with van der Waals surface area (Å²) in [6.45, 7) is 1.99. The van der Waals surface area contributed by atoms with Gasteiger partial charge < -0.3 is 5.73 Å².